The molecule has 28 heavy (non-hydrogen) atoms. The van der Waals surface area contributed by atoms with Crippen LogP contribution >= 0.6 is 0 Å². The number of ether oxygens (including phenoxy) is 2. The molecule has 3 heterocycles. The summed E-state index contributed by atoms with van der Waals surface area (Å²) < 4.78 is 16.6. The molecule has 0 N–H and O–H groups in total. The smallest absolute Gasteiger partial charge is 0.260 e. The van der Waals surface area contributed by atoms with E-state index in [2.05, 4.69) is 10.1 Å². The second-order valence-corrected chi connectivity index (χ2v) is 7.66. The Morgan fingerprint density at radius 2 is 1.96 bits per heavy atom. The molecule has 7 heteroatoms. The Balaban J connectivity index is 1.32. The fourth-order valence-electron chi connectivity index (χ4n) is 3.81. The van der Waals surface area contributed by atoms with Crippen molar-refractivity contribution >= 4 is 5.91 Å². The van der Waals surface area contributed by atoms with Gasteiger partial charge in [-0.25, -0.2) is 0 Å². The third-order valence-electron chi connectivity index (χ3n) is 5.55. The molecule has 2 aliphatic rings. The molecule has 4 rings (SSSR count). The number of hydrogen-bond acceptors (Lipinski definition) is 6. The molecule has 2 aromatic rings. The van der Waals surface area contributed by atoms with Crippen molar-refractivity contribution in [1.82, 2.24) is 15.0 Å². The van der Waals surface area contributed by atoms with Crippen LogP contribution in [0.15, 0.2) is 28.8 Å². The third kappa shape index (κ3) is 4.52. The molecule has 2 fully saturated rings. The Morgan fingerprint density at radius 1 is 1.18 bits per heavy atom. The highest BCUT2D eigenvalue weighted by Crippen LogP contribution is 2.29. The van der Waals surface area contributed by atoms with Crippen molar-refractivity contribution in [3.8, 4) is 5.75 Å². The van der Waals surface area contributed by atoms with Crippen LogP contribution in [0.3, 0.4) is 0 Å². The summed E-state index contributed by atoms with van der Waals surface area (Å²) in [6.07, 6.45) is 3.75. The van der Waals surface area contributed by atoms with E-state index in [1.54, 1.807) is 0 Å². The van der Waals surface area contributed by atoms with E-state index >= 15 is 0 Å². The summed E-state index contributed by atoms with van der Waals surface area (Å²) >= 11 is 0. The van der Waals surface area contributed by atoms with E-state index in [9.17, 15) is 4.79 Å². The van der Waals surface area contributed by atoms with Crippen LogP contribution in [0.5, 0.6) is 5.75 Å². The molecule has 0 spiro atoms. The van der Waals surface area contributed by atoms with Crippen LogP contribution in [0.25, 0.3) is 0 Å². The summed E-state index contributed by atoms with van der Waals surface area (Å²) in [5.41, 5.74) is 1.16. The van der Waals surface area contributed by atoms with Gasteiger partial charge in [0.05, 0.1) is 5.92 Å². The first-order valence-corrected chi connectivity index (χ1v) is 10.1. The van der Waals surface area contributed by atoms with Crippen LogP contribution in [0, 0.1) is 6.92 Å². The topological polar surface area (TPSA) is 77.7 Å². The largest absolute Gasteiger partial charge is 0.484 e. The van der Waals surface area contributed by atoms with Gasteiger partial charge in [-0.05, 0) is 44.7 Å². The highest BCUT2D eigenvalue weighted by atomic mass is 16.5. The number of rotatable bonds is 5. The first kappa shape index (κ1) is 18.9. The maximum absolute atomic E-state index is 12.6. The Kier molecular flexibility index (Phi) is 5.90. The molecule has 1 amide bonds. The number of amides is 1. The normalized spacial score (nSPS) is 20.9. The van der Waals surface area contributed by atoms with E-state index in [1.807, 2.05) is 36.1 Å². The first-order chi connectivity index (χ1) is 13.7. The van der Waals surface area contributed by atoms with Gasteiger partial charge in [0.15, 0.2) is 12.4 Å². The summed E-state index contributed by atoms with van der Waals surface area (Å²) in [5, 5.41) is 4.20. The van der Waals surface area contributed by atoms with Crippen LogP contribution in [0.2, 0.25) is 0 Å². The van der Waals surface area contributed by atoms with Crippen LogP contribution in [0.4, 0.5) is 0 Å². The Hall–Kier alpha value is -2.41. The molecule has 1 aromatic heterocycles. The number of piperidine rings is 1. The van der Waals surface area contributed by atoms with Crippen LogP contribution in [-0.2, 0) is 9.53 Å². The van der Waals surface area contributed by atoms with Crippen molar-refractivity contribution in [2.45, 2.75) is 44.4 Å². The Morgan fingerprint density at radius 3 is 2.75 bits per heavy atom. The number of carbonyl (C=O) groups excluding carboxylic acids is 1. The Bertz CT molecular complexity index is 783. The van der Waals surface area contributed by atoms with Crippen LogP contribution in [-0.4, -0.2) is 53.9 Å². The van der Waals surface area contributed by atoms with Gasteiger partial charge in [0.25, 0.3) is 5.91 Å². The Labute approximate surface area is 165 Å². The molecule has 0 aliphatic carbocycles. The van der Waals surface area contributed by atoms with E-state index < -0.39 is 0 Å². The summed E-state index contributed by atoms with van der Waals surface area (Å²) in [6, 6.07) is 7.72. The molecule has 2 aliphatic heterocycles. The molecule has 1 unspecified atom stereocenters. The predicted octanol–water partition coefficient (Wildman–Crippen LogP) is 3.06. The van der Waals surface area contributed by atoms with Crippen LogP contribution in [0.1, 0.15) is 54.8 Å². The van der Waals surface area contributed by atoms with E-state index in [4.69, 9.17) is 14.0 Å². The minimum Gasteiger partial charge on any atom is -0.484 e. The number of benzene rings is 1. The highest BCUT2D eigenvalue weighted by Gasteiger charge is 2.30. The molecule has 2 saturated heterocycles. The molecular formula is C21H27N3O4. The number of nitrogens with zero attached hydrogens (tertiary/aromatic N) is 3. The fourth-order valence-corrected chi connectivity index (χ4v) is 3.81. The van der Waals surface area contributed by atoms with Gasteiger partial charge < -0.3 is 18.9 Å². The van der Waals surface area contributed by atoms with Gasteiger partial charge in [-0.1, -0.05) is 22.9 Å². The van der Waals surface area contributed by atoms with Crippen molar-refractivity contribution in [1.29, 1.82) is 0 Å². The lowest BCUT2D eigenvalue weighted by atomic mass is 9.97. The summed E-state index contributed by atoms with van der Waals surface area (Å²) in [5.74, 6) is 2.55. The fraction of sp³-hybridized carbons (Fsp3) is 0.571. The molecule has 0 radical (unpaired) electrons. The molecule has 0 bridgehead atoms. The minimum absolute atomic E-state index is 0.00515. The zero-order valence-corrected chi connectivity index (χ0v) is 16.3. The molecule has 7 nitrogen and oxygen atoms in total. The second-order valence-electron chi connectivity index (χ2n) is 7.66. The van der Waals surface area contributed by atoms with Gasteiger partial charge in [0.1, 0.15) is 5.75 Å². The summed E-state index contributed by atoms with van der Waals surface area (Å²) in [4.78, 5) is 19.1. The average molecular weight is 385 g/mol. The zero-order valence-electron chi connectivity index (χ0n) is 16.3. The third-order valence-corrected chi connectivity index (χ3v) is 5.55. The standard InChI is InChI=1S/C21H27N3O4/c1-15-4-6-18(7-5-15)27-14-19(25)24-10-2-3-17(13-24)21-22-20(23-28-21)16-8-11-26-12-9-16/h4-7,16-17H,2-3,8-14H2,1H3. The molecule has 1 aromatic carbocycles. The van der Waals surface area contributed by atoms with Gasteiger partial charge in [-0.2, -0.15) is 4.98 Å². The van der Waals surface area contributed by atoms with Crippen LogP contribution < -0.4 is 4.74 Å². The predicted molar refractivity (Wildman–Crippen MR) is 102 cm³/mol. The van der Waals surface area contributed by atoms with E-state index in [1.165, 1.54) is 0 Å². The number of carbonyl (C=O) groups is 1. The highest BCUT2D eigenvalue weighted by molar-refractivity contribution is 5.78. The number of likely N-dealkylation sites (tertiary alicyclic amines) is 1. The lowest BCUT2D eigenvalue weighted by Gasteiger charge is -2.31. The van der Waals surface area contributed by atoms with Gasteiger partial charge >= 0.3 is 0 Å². The maximum atomic E-state index is 12.6. The lowest BCUT2D eigenvalue weighted by molar-refractivity contribution is -0.134. The van der Waals surface area contributed by atoms with Gasteiger partial charge in [0.2, 0.25) is 5.89 Å². The van der Waals surface area contributed by atoms with Gasteiger partial charge in [0, 0.05) is 32.2 Å². The summed E-state index contributed by atoms with van der Waals surface area (Å²) in [7, 11) is 0. The monoisotopic (exact) mass is 385 g/mol. The van der Waals surface area contributed by atoms with Crippen molar-refractivity contribution in [3.63, 3.8) is 0 Å². The second kappa shape index (κ2) is 8.73. The van der Waals surface area contributed by atoms with E-state index in [0.717, 1.165) is 56.8 Å². The van der Waals surface area contributed by atoms with Crippen molar-refractivity contribution in [2.24, 2.45) is 0 Å². The van der Waals surface area contributed by atoms with E-state index in [-0.39, 0.29) is 18.4 Å². The SMILES string of the molecule is Cc1ccc(OCC(=O)N2CCCC(c3nc(C4CCOCC4)no3)C2)cc1. The van der Waals surface area contributed by atoms with E-state index in [0.29, 0.717) is 24.1 Å². The van der Waals surface area contributed by atoms with Gasteiger partial charge in [-0.15, -0.1) is 0 Å². The minimum atomic E-state index is -0.00515. The first-order valence-electron chi connectivity index (χ1n) is 10.1. The van der Waals surface area contributed by atoms with Gasteiger partial charge in [-0.3, -0.25) is 4.79 Å². The zero-order chi connectivity index (χ0) is 19.3. The summed E-state index contributed by atoms with van der Waals surface area (Å²) in [6.45, 7) is 4.92. The number of aromatic nitrogens is 2. The molecule has 0 saturated carbocycles. The molecule has 1 atom stereocenters. The lowest BCUT2D eigenvalue weighted by Crippen LogP contribution is -2.41. The van der Waals surface area contributed by atoms with Crippen molar-refractivity contribution in [2.75, 3.05) is 32.9 Å². The quantitative estimate of drug-likeness (QED) is 0.787. The van der Waals surface area contributed by atoms with Crippen molar-refractivity contribution < 1.29 is 18.8 Å². The maximum Gasteiger partial charge on any atom is 0.260 e. The van der Waals surface area contributed by atoms with Crippen molar-refractivity contribution in [3.05, 3.63) is 41.5 Å². The molecule has 150 valence electrons. The number of aryl methyl sites for hydroxylation is 1. The molecular weight excluding hydrogens is 358 g/mol. The number of hydrogen-bond donors (Lipinski definition) is 0. The average Bonchev–Trinajstić information content (AvgIpc) is 3.24.